The van der Waals surface area contributed by atoms with Gasteiger partial charge in [-0.25, -0.2) is 0 Å². The number of hydrogen-bond acceptors (Lipinski definition) is 7. The molecule has 2 N–H and O–H groups in total. The van der Waals surface area contributed by atoms with E-state index in [4.69, 9.17) is 14.6 Å². The number of nitrogens with one attached hydrogen (secondary N) is 1. The van der Waals surface area contributed by atoms with Gasteiger partial charge in [0, 0.05) is 12.8 Å². The SMILES string of the molecule is CNC(CCC(=O)O)C(=O)OCCOC(=O)CCC(C)=O. The largest absolute Gasteiger partial charge is 0.481 e. The Kier molecular flexibility index (Phi) is 9.78. The van der Waals surface area contributed by atoms with Crippen LogP contribution in [0.15, 0.2) is 0 Å². The van der Waals surface area contributed by atoms with Gasteiger partial charge in [-0.3, -0.25) is 14.4 Å². The third-order valence-electron chi connectivity index (χ3n) is 2.55. The first-order valence-corrected chi connectivity index (χ1v) is 6.57. The summed E-state index contributed by atoms with van der Waals surface area (Å²) in [5.74, 6) is -2.23. The van der Waals surface area contributed by atoms with Gasteiger partial charge in [0.05, 0.1) is 6.42 Å². The van der Waals surface area contributed by atoms with Crippen molar-refractivity contribution in [3.8, 4) is 0 Å². The Labute approximate surface area is 122 Å². The van der Waals surface area contributed by atoms with Gasteiger partial charge < -0.3 is 24.7 Å². The van der Waals surface area contributed by atoms with E-state index in [1.54, 1.807) is 0 Å². The number of rotatable bonds is 11. The van der Waals surface area contributed by atoms with Crippen molar-refractivity contribution in [3.63, 3.8) is 0 Å². The Morgan fingerprint density at radius 2 is 1.67 bits per heavy atom. The number of ether oxygens (including phenoxy) is 2. The highest BCUT2D eigenvalue weighted by Crippen LogP contribution is 2.00. The molecule has 0 aromatic rings. The lowest BCUT2D eigenvalue weighted by Gasteiger charge is -2.14. The zero-order chi connectivity index (χ0) is 16.3. The molecule has 0 aromatic heterocycles. The second-order valence-corrected chi connectivity index (χ2v) is 4.36. The summed E-state index contributed by atoms with van der Waals surface area (Å²) in [6.07, 6.45) is 0.0837. The van der Waals surface area contributed by atoms with Gasteiger partial charge in [-0.1, -0.05) is 0 Å². The lowest BCUT2D eigenvalue weighted by atomic mass is 10.1. The monoisotopic (exact) mass is 303 g/mol. The Morgan fingerprint density at radius 1 is 1.05 bits per heavy atom. The zero-order valence-electron chi connectivity index (χ0n) is 12.2. The first-order valence-electron chi connectivity index (χ1n) is 6.57. The van der Waals surface area contributed by atoms with Crippen molar-refractivity contribution in [1.29, 1.82) is 0 Å². The number of likely N-dealkylation sites (N-methyl/N-ethyl adjacent to an activating group) is 1. The number of carboxylic acids is 1. The van der Waals surface area contributed by atoms with Crippen LogP contribution in [0.25, 0.3) is 0 Å². The lowest BCUT2D eigenvalue weighted by molar-refractivity contribution is -0.154. The fourth-order valence-corrected chi connectivity index (χ4v) is 1.40. The highest BCUT2D eigenvalue weighted by Gasteiger charge is 2.19. The molecule has 0 amide bonds. The number of hydrogen-bond donors (Lipinski definition) is 2. The van der Waals surface area contributed by atoms with Crippen LogP contribution in [-0.2, 0) is 28.7 Å². The summed E-state index contributed by atoms with van der Waals surface area (Å²) >= 11 is 0. The standard InChI is InChI=1S/C13H21NO7/c1-9(15)3-6-12(18)20-7-8-21-13(19)10(14-2)4-5-11(16)17/h10,14H,3-8H2,1-2H3,(H,16,17). The maximum absolute atomic E-state index is 11.6. The van der Waals surface area contributed by atoms with E-state index in [0.29, 0.717) is 0 Å². The number of carbonyl (C=O) groups excluding carboxylic acids is 3. The molecule has 8 nitrogen and oxygen atoms in total. The van der Waals surface area contributed by atoms with E-state index in [1.807, 2.05) is 0 Å². The normalized spacial score (nSPS) is 11.5. The molecule has 0 saturated carbocycles. The third kappa shape index (κ3) is 10.5. The maximum Gasteiger partial charge on any atom is 0.323 e. The minimum Gasteiger partial charge on any atom is -0.481 e. The summed E-state index contributed by atoms with van der Waals surface area (Å²) in [5.41, 5.74) is 0. The summed E-state index contributed by atoms with van der Waals surface area (Å²) < 4.78 is 9.64. The Morgan fingerprint density at radius 3 is 2.19 bits per heavy atom. The van der Waals surface area contributed by atoms with Gasteiger partial charge in [0.15, 0.2) is 0 Å². The fraction of sp³-hybridized carbons (Fsp3) is 0.692. The number of Topliss-reactive ketones (excluding diaryl/α,β-unsaturated/α-hetero) is 1. The molecule has 0 spiro atoms. The molecule has 21 heavy (non-hydrogen) atoms. The van der Waals surface area contributed by atoms with Crippen molar-refractivity contribution in [2.24, 2.45) is 0 Å². The molecule has 0 rings (SSSR count). The number of carbonyl (C=O) groups is 4. The minimum atomic E-state index is -0.998. The second-order valence-electron chi connectivity index (χ2n) is 4.36. The maximum atomic E-state index is 11.6. The van der Waals surface area contributed by atoms with E-state index < -0.39 is 23.9 Å². The number of esters is 2. The van der Waals surface area contributed by atoms with Gasteiger partial charge in [0.1, 0.15) is 25.0 Å². The van der Waals surface area contributed by atoms with Gasteiger partial charge in [-0.05, 0) is 20.4 Å². The molecule has 0 saturated heterocycles. The van der Waals surface area contributed by atoms with Crippen LogP contribution >= 0.6 is 0 Å². The van der Waals surface area contributed by atoms with Gasteiger partial charge in [0.25, 0.3) is 0 Å². The Bertz CT molecular complexity index is 381. The van der Waals surface area contributed by atoms with Crippen LogP contribution in [-0.4, -0.2) is 55.1 Å². The van der Waals surface area contributed by atoms with Crippen LogP contribution < -0.4 is 5.32 Å². The van der Waals surface area contributed by atoms with Crippen LogP contribution in [0.5, 0.6) is 0 Å². The molecule has 0 aliphatic rings. The number of carboxylic acid groups (broad SMARTS) is 1. The Balaban J connectivity index is 3.83. The van der Waals surface area contributed by atoms with Crippen LogP contribution in [0, 0.1) is 0 Å². The molecule has 0 aromatic carbocycles. The number of aliphatic carboxylic acids is 1. The summed E-state index contributed by atoms with van der Waals surface area (Å²) in [5, 5.41) is 11.2. The minimum absolute atomic E-state index is 0.00102. The van der Waals surface area contributed by atoms with Crippen molar-refractivity contribution < 1.29 is 33.8 Å². The first-order chi connectivity index (χ1) is 9.86. The zero-order valence-corrected chi connectivity index (χ0v) is 12.2. The molecule has 1 unspecified atom stereocenters. The molecule has 0 heterocycles. The quantitative estimate of drug-likeness (QED) is 0.401. The summed E-state index contributed by atoms with van der Waals surface area (Å²) in [4.78, 5) is 43.8. The summed E-state index contributed by atoms with van der Waals surface area (Å²) in [6.45, 7) is 1.16. The molecular formula is C13H21NO7. The van der Waals surface area contributed by atoms with Gasteiger partial charge >= 0.3 is 17.9 Å². The third-order valence-corrected chi connectivity index (χ3v) is 2.55. The molecule has 8 heteroatoms. The Hall–Kier alpha value is -1.96. The van der Waals surface area contributed by atoms with E-state index in [1.165, 1.54) is 14.0 Å². The van der Waals surface area contributed by atoms with E-state index in [2.05, 4.69) is 5.32 Å². The van der Waals surface area contributed by atoms with Crippen LogP contribution in [0.1, 0.15) is 32.6 Å². The fourth-order valence-electron chi connectivity index (χ4n) is 1.40. The van der Waals surface area contributed by atoms with Crippen molar-refractivity contribution in [3.05, 3.63) is 0 Å². The molecule has 0 fully saturated rings. The smallest absolute Gasteiger partial charge is 0.323 e. The predicted octanol–water partition coefficient (Wildman–Crippen LogP) is -0.105. The highest BCUT2D eigenvalue weighted by atomic mass is 16.6. The van der Waals surface area contributed by atoms with Gasteiger partial charge in [-0.2, -0.15) is 0 Å². The van der Waals surface area contributed by atoms with E-state index in [-0.39, 0.29) is 44.7 Å². The van der Waals surface area contributed by atoms with E-state index >= 15 is 0 Å². The summed E-state index contributed by atoms with van der Waals surface area (Å²) in [7, 11) is 1.52. The van der Waals surface area contributed by atoms with Crippen molar-refractivity contribution in [1.82, 2.24) is 5.32 Å². The van der Waals surface area contributed by atoms with Crippen LogP contribution in [0.3, 0.4) is 0 Å². The van der Waals surface area contributed by atoms with Crippen molar-refractivity contribution in [2.45, 2.75) is 38.6 Å². The molecule has 1 atom stereocenters. The molecule has 0 aliphatic heterocycles. The lowest BCUT2D eigenvalue weighted by Crippen LogP contribution is -2.36. The molecule has 0 bridgehead atoms. The molecule has 120 valence electrons. The topological polar surface area (TPSA) is 119 Å². The molecular weight excluding hydrogens is 282 g/mol. The average Bonchev–Trinajstić information content (AvgIpc) is 2.41. The average molecular weight is 303 g/mol. The summed E-state index contributed by atoms with van der Waals surface area (Å²) in [6, 6.07) is -0.713. The second kappa shape index (κ2) is 10.8. The van der Waals surface area contributed by atoms with Crippen molar-refractivity contribution >= 4 is 23.7 Å². The van der Waals surface area contributed by atoms with Crippen LogP contribution in [0.4, 0.5) is 0 Å². The van der Waals surface area contributed by atoms with Gasteiger partial charge in [0.2, 0.25) is 0 Å². The predicted molar refractivity (Wildman–Crippen MR) is 71.6 cm³/mol. The van der Waals surface area contributed by atoms with E-state index in [0.717, 1.165) is 0 Å². The highest BCUT2D eigenvalue weighted by molar-refractivity contribution is 5.81. The molecule has 0 aliphatic carbocycles. The first kappa shape index (κ1) is 19.0. The van der Waals surface area contributed by atoms with Gasteiger partial charge in [-0.15, -0.1) is 0 Å². The van der Waals surface area contributed by atoms with Crippen molar-refractivity contribution in [2.75, 3.05) is 20.3 Å². The number of ketones is 1. The van der Waals surface area contributed by atoms with E-state index in [9.17, 15) is 19.2 Å². The van der Waals surface area contributed by atoms with Crippen LogP contribution in [0.2, 0.25) is 0 Å². The molecule has 0 radical (unpaired) electrons.